The summed E-state index contributed by atoms with van der Waals surface area (Å²) >= 11 is 0. The van der Waals surface area contributed by atoms with Crippen molar-refractivity contribution in [1.82, 2.24) is 5.32 Å². The first-order valence-electron chi connectivity index (χ1n) is 7.77. The molecule has 0 spiro atoms. The van der Waals surface area contributed by atoms with Gasteiger partial charge in [-0.1, -0.05) is 12.1 Å². The predicted octanol–water partition coefficient (Wildman–Crippen LogP) is 2.56. The molecule has 0 aromatic heterocycles. The molecule has 1 amide bonds. The van der Waals surface area contributed by atoms with Gasteiger partial charge in [0.15, 0.2) is 17.6 Å². The molecular weight excluding hydrogens is 348 g/mol. The van der Waals surface area contributed by atoms with Crippen LogP contribution in [0, 0.1) is 11.6 Å². The third kappa shape index (κ3) is 3.74. The zero-order valence-corrected chi connectivity index (χ0v) is 13.8. The number of benzene rings is 2. The summed E-state index contributed by atoms with van der Waals surface area (Å²) in [4.78, 5) is 23.9. The highest BCUT2D eigenvalue weighted by atomic mass is 19.1. The normalized spacial score (nSPS) is 13.2. The molecular formula is C18H15F2NO5. The first-order valence-corrected chi connectivity index (χ1v) is 7.77. The molecule has 1 N–H and O–H groups in total. The van der Waals surface area contributed by atoms with Crippen LogP contribution in [0.15, 0.2) is 36.4 Å². The van der Waals surface area contributed by atoms with E-state index in [1.54, 1.807) is 18.2 Å². The molecule has 0 aliphatic carbocycles. The summed E-state index contributed by atoms with van der Waals surface area (Å²) in [6, 6.07) is 8.18. The van der Waals surface area contributed by atoms with Gasteiger partial charge in [0.2, 0.25) is 6.79 Å². The van der Waals surface area contributed by atoms with Gasteiger partial charge in [0.05, 0.1) is 0 Å². The zero-order valence-electron chi connectivity index (χ0n) is 13.8. The molecule has 2 aromatic rings. The minimum absolute atomic E-state index is 0.144. The maximum atomic E-state index is 13.6. The molecule has 0 unspecified atom stereocenters. The molecule has 0 bridgehead atoms. The van der Waals surface area contributed by atoms with Crippen LogP contribution in [-0.2, 0) is 16.1 Å². The highest BCUT2D eigenvalue weighted by Gasteiger charge is 2.24. The van der Waals surface area contributed by atoms with E-state index < -0.39 is 35.2 Å². The Morgan fingerprint density at radius 1 is 1.15 bits per heavy atom. The second kappa shape index (κ2) is 7.38. The van der Waals surface area contributed by atoms with Crippen molar-refractivity contribution in [3.05, 3.63) is 59.2 Å². The third-order valence-electron chi connectivity index (χ3n) is 3.72. The average molecular weight is 363 g/mol. The SMILES string of the molecule is C[C@H](OC(=O)c1c(F)cccc1F)C(=O)NCc1ccc2c(c1)OCO2. The average Bonchev–Trinajstić information content (AvgIpc) is 3.07. The van der Waals surface area contributed by atoms with E-state index in [9.17, 15) is 18.4 Å². The molecule has 6 nitrogen and oxygen atoms in total. The second-order valence-electron chi connectivity index (χ2n) is 5.55. The van der Waals surface area contributed by atoms with Crippen LogP contribution in [-0.4, -0.2) is 24.8 Å². The van der Waals surface area contributed by atoms with E-state index >= 15 is 0 Å². The number of hydrogen-bond acceptors (Lipinski definition) is 5. The summed E-state index contributed by atoms with van der Waals surface area (Å²) in [6.45, 7) is 1.61. The van der Waals surface area contributed by atoms with Crippen LogP contribution in [0.1, 0.15) is 22.8 Å². The third-order valence-corrected chi connectivity index (χ3v) is 3.72. The first kappa shape index (κ1) is 17.7. The number of carbonyl (C=O) groups is 2. The number of hydrogen-bond donors (Lipinski definition) is 1. The lowest BCUT2D eigenvalue weighted by Gasteiger charge is -2.14. The van der Waals surface area contributed by atoms with E-state index in [0.29, 0.717) is 11.5 Å². The minimum atomic E-state index is -1.24. The molecule has 8 heteroatoms. The fourth-order valence-corrected chi connectivity index (χ4v) is 2.35. The quantitative estimate of drug-likeness (QED) is 0.827. The van der Waals surface area contributed by atoms with Gasteiger partial charge in [-0.2, -0.15) is 0 Å². The number of fused-ring (bicyclic) bond motifs is 1. The smallest absolute Gasteiger partial charge is 0.344 e. The van der Waals surface area contributed by atoms with Crippen molar-refractivity contribution in [3.63, 3.8) is 0 Å². The Hall–Kier alpha value is -3.16. The zero-order chi connectivity index (χ0) is 18.7. The van der Waals surface area contributed by atoms with Crippen LogP contribution in [0.3, 0.4) is 0 Å². The minimum Gasteiger partial charge on any atom is -0.454 e. The molecule has 3 rings (SSSR count). The van der Waals surface area contributed by atoms with Crippen molar-refractivity contribution in [2.45, 2.75) is 19.6 Å². The highest BCUT2D eigenvalue weighted by molar-refractivity contribution is 5.92. The Morgan fingerprint density at radius 2 is 1.85 bits per heavy atom. The molecule has 26 heavy (non-hydrogen) atoms. The van der Waals surface area contributed by atoms with Crippen molar-refractivity contribution in [1.29, 1.82) is 0 Å². The lowest BCUT2D eigenvalue weighted by Crippen LogP contribution is -2.35. The van der Waals surface area contributed by atoms with Gasteiger partial charge in [-0.15, -0.1) is 0 Å². The summed E-state index contributed by atoms with van der Waals surface area (Å²) in [5, 5.41) is 2.58. The number of halogens is 2. The number of ether oxygens (including phenoxy) is 3. The molecule has 1 atom stereocenters. The topological polar surface area (TPSA) is 73.9 Å². The van der Waals surface area contributed by atoms with Crippen molar-refractivity contribution < 1.29 is 32.6 Å². The van der Waals surface area contributed by atoms with E-state index in [1.807, 2.05) is 0 Å². The van der Waals surface area contributed by atoms with Crippen LogP contribution in [0.4, 0.5) is 8.78 Å². The summed E-state index contributed by atoms with van der Waals surface area (Å²) in [6.07, 6.45) is -1.23. The van der Waals surface area contributed by atoms with Gasteiger partial charge < -0.3 is 19.5 Å². The fourth-order valence-electron chi connectivity index (χ4n) is 2.35. The molecule has 1 aliphatic rings. The van der Waals surface area contributed by atoms with Crippen LogP contribution in [0.5, 0.6) is 11.5 Å². The lowest BCUT2D eigenvalue weighted by atomic mass is 10.2. The highest BCUT2D eigenvalue weighted by Crippen LogP contribution is 2.32. The molecule has 0 fully saturated rings. The molecule has 136 valence electrons. The first-order chi connectivity index (χ1) is 12.5. The van der Waals surface area contributed by atoms with Gasteiger partial charge in [0, 0.05) is 6.54 Å². The Labute approximate surface area is 147 Å². The monoisotopic (exact) mass is 363 g/mol. The van der Waals surface area contributed by atoms with Crippen molar-refractivity contribution in [2.24, 2.45) is 0 Å². The summed E-state index contributed by atoms with van der Waals surface area (Å²) in [5.41, 5.74) is -0.0794. The van der Waals surface area contributed by atoms with Gasteiger partial charge in [-0.05, 0) is 36.8 Å². The molecule has 0 radical (unpaired) electrons. The Bertz CT molecular complexity index is 835. The van der Waals surface area contributed by atoms with Crippen LogP contribution >= 0.6 is 0 Å². The molecule has 2 aromatic carbocycles. The van der Waals surface area contributed by atoms with Gasteiger partial charge in [-0.25, -0.2) is 13.6 Å². The molecule has 1 aliphatic heterocycles. The van der Waals surface area contributed by atoms with Gasteiger partial charge in [-0.3, -0.25) is 4.79 Å². The maximum Gasteiger partial charge on any atom is 0.344 e. The lowest BCUT2D eigenvalue weighted by molar-refractivity contribution is -0.129. The van der Waals surface area contributed by atoms with E-state index in [2.05, 4.69) is 5.32 Å². The molecule has 0 saturated carbocycles. The Morgan fingerprint density at radius 3 is 2.58 bits per heavy atom. The summed E-state index contributed by atoms with van der Waals surface area (Å²) in [7, 11) is 0. The number of nitrogens with one attached hydrogen (secondary N) is 1. The summed E-state index contributed by atoms with van der Waals surface area (Å²) in [5.74, 6) is -2.76. The van der Waals surface area contributed by atoms with Gasteiger partial charge >= 0.3 is 5.97 Å². The summed E-state index contributed by atoms with van der Waals surface area (Å²) < 4.78 is 42.4. The number of amides is 1. The molecule has 1 heterocycles. The van der Waals surface area contributed by atoms with Gasteiger partial charge in [0.25, 0.3) is 5.91 Å². The van der Waals surface area contributed by atoms with Crippen LogP contribution in [0.25, 0.3) is 0 Å². The van der Waals surface area contributed by atoms with E-state index in [0.717, 1.165) is 23.8 Å². The number of carbonyl (C=O) groups excluding carboxylic acids is 2. The van der Waals surface area contributed by atoms with Crippen molar-refractivity contribution in [2.75, 3.05) is 6.79 Å². The van der Waals surface area contributed by atoms with Crippen molar-refractivity contribution in [3.8, 4) is 11.5 Å². The van der Waals surface area contributed by atoms with Crippen molar-refractivity contribution >= 4 is 11.9 Å². The molecule has 0 saturated heterocycles. The number of rotatable bonds is 5. The number of esters is 1. The maximum absolute atomic E-state index is 13.6. The fraction of sp³-hybridized carbons (Fsp3) is 0.222. The predicted molar refractivity (Wildman–Crippen MR) is 85.6 cm³/mol. The second-order valence-corrected chi connectivity index (χ2v) is 5.55. The Kier molecular flexibility index (Phi) is 5.01. The standard InChI is InChI=1S/C18H15F2NO5/c1-10(26-18(23)16-12(19)3-2-4-13(16)20)17(22)21-8-11-5-6-14-15(7-11)25-9-24-14/h2-7,10H,8-9H2,1H3,(H,21,22)/t10-/m0/s1. The van der Waals surface area contributed by atoms with E-state index in [1.165, 1.54) is 6.92 Å². The largest absolute Gasteiger partial charge is 0.454 e. The van der Waals surface area contributed by atoms with Gasteiger partial charge in [0.1, 0.15) is 17.2 Å². The van der Waals surface area contributed by atoms with Crippen LogP contribution < -0.4 is 14.8 Å². The van der Waals surface area contributed by atoms with E-state index in [4.69, 9.17) is 14.2 Å². The Balaban J connectivity index is 1.57. The van der Waals surface area contributed by atoms with E-state index in [-0.39, 0.29) is 13.3 Å². The van der Waals surface area contributed by atoms with Crippen LogP contribution in [0.2, 0.25) is 0 Å².